The van der Waals surface area contributed by atoms with Gasteiger partial charge in [-0.25, -0.2) is 0 Å². The minimum absolute atomic E-state index is 0.910. The zero-order valence-corrected chi connectivity index (χ0v) is 23.5. The molecule has 0 aliphatic carbocycles. The van der Waals surface area contributed by atoms with Crippen molar-refractivity contribution in [3.8, 4) is 0 Å². The predicted molar refractivity (Wildman–Crippen MR) is 147 cm³/mol. The molecule has 30 heavy (non-hydrogen) atoms. The van der Waals surface area contributed by atoms with Gasteiger partial charge >= 0.3 is 16.8 Å². The van der Waals surface area contributed by atoms with Crippen LogP contribution >= 0.6 is 0 Å². The standard InChI is InChI=1S/C20H35N5Si5/c1-11-23-27(14-4)21-26-22-28(15-5,16-6)24(12-2)30(19-9,20-10)25(13-3)29(23,17-7)18-8/h11-22,27H,1-10,26H2. The lowest BCUT2D eigenvalue weighted by molar-refractivity contribution is 0.659. The molecule has 1 aliphatic heterocycles. The van der Waals surface area contributed by atoms with Crippen LogP contribution in [0.25, 0.3) is 0 Å². The van der Waals surface area contributed by atoms with E-state index in [9.17, 15) is 0 Å². The zero-order valence-electron chi connectivity index (χ0n) is 18.0. The molecule has 5 nitrogen and oxygen atoms in total. The van der Waals surface area contributed by atoms with E-state index in [-0.39, 0.29) is 0 Å². The molecular weight excluding hydrogens is 451 g/mol. The van der Waals surface area contributed by atoms with Crippen LogP contribution in [0.3, 0.4) is 0 Å². The quantitative estimate of drug-likeness (QED) is 0.463. The van der Waals surface area contributed by atoms with Crippen molar-refractivity contribution < 1.29 is 0 Å². The second kappa shape index (κ2) is 10.7. The van der Waals surface area contributed by atoms with Crippen LogP contribution < -0.4 is 9.30 Å². The lowest BCUT2D eigenvalue weighted by Crippen LogP contribution is -2.82. The van der Waals surface area contributed by atoms with Crippen LogP contribution in [0.4, 0.5) is 0 Å². The summed E-state index contributed by atoms with van der Waals surface area (Å²) in [6.45, 7) is 41.8. The van der Waals surface area contributed by atoms with Gasteiger partial charge in [0.25, 0.3) is 8.40 Å². The largest absolute Gasteiger partial charge is 0.396 e. The van der Waals surface area contributed by atoms with Gasteiger partial charge in [0.1, 0.15) is 0 Å². The first kappa shape index (κ1) is 25.8. The third kappa shape index (κ3) is 3.78. The molecule has 1 saturated heterocycles. The minimum Gasteiger partial charge on any atom is -0.396 e. The average Bonchev–Trinajstić information content (AvgIpc) is 2.79. The molecule has 0 aromatic heterocycles. The highest BCUT2D eigenvalue weighted by Gasteiger charge is 2.56. The van der Waals surface area contributed by atoms with E-state index in [1.165, 1.54) is 0 Å². The van der Waals surface area contributed by atoms with Crippen LogP contribution in [0.15, 0.2) is 124 Å². The number of hydrogen-bond donors (Lipinski definition) is 2. The zero-order chi connectivity index (χ0) is 23.0. The summed E-state index contributed by atoms with van der Waals surface area (Å²) < 4.78 is 14.4. The van der Waals surface area contributed by atoms with E-state index in [0.717, 1.165) is 0 Å². The smallest absolute Gasteiger partial charge is 0.301 e. The van der Waals surface area contributed by atoms with Crippen molar-refractivity contribution in [3.05, 3.63) is 124 Å². The molecule has 1 fully saturated rings. The van der Waals surface area contributed by atoms with Gasteiger partial charge in [0.15, 0.2) is 9.84 Å². The molecule has 160 valence electrons. The van der Waals surface area contributed by atoms with Crippen molar-refractivity contribution >= 4 is 44.2 Å². The fourth-order valence-corrected chi connectivity index (χ4v) is 28.6. The second-order valence-corrected chi connectivity index (χ2v) is 23.0. The van der Waals surface area contributed by atoms with Crippen LogP contribution in [0.2, 0.25) is 0 Å². The Hall–Kier alpha value is -2.20. The summed E-state index contributed by atoms with van der Waals surface area (Å²) in [4.78, 5) is 0. The predicted octanol–water partition coefficient (Wildman–Crippen LogP) is 2.14. The molecule has 0 radical (unpaired) electrons. The van der Waals surface area contributed by atoms with Gasteiger partial charge in [0.05, 0.1) is 0 Å². The van der Waals surface area contributed by atoms with Crippen molar-refractivity contribution in [3.63, 3.8) is 0 Å². The van der Waals surface area contributed by atoms with E-state index in [1.54, 1.807) is 0 Å². The average molecular weight is 486 g/mol. The molecule has 1 rings (SSSR count). The maximum Gasteiger partial charge on any atom is 0.301 e. The Kier molecular flexibility index (Phi) is 9.23. The van der Waals surface area contributed by atoms with E-state index in [2.05, 4.69) is 87.8 Å². The minimum atomic E-state index is -2.85. The molecule has 0 saturated carbocycles. The SMILES string of the molecule is C=CN1[SiH](C=C)N[SiH2]N[Si](C=C)(C=C)N(C=C)[Si](C=C)(C=C)N(C=C)[Si]1(C=C)C=C. The number of nitrogens with zero attached hydrogens (tertiary/aromatic N) is 3. The third-order valence-corrected chi connectivity index (χ3v) is 27.2. The van der Waals surface area contributed by atoms with Crippen LogP contribution in [-0.4, -0.2) is 56.8 Å². The molecule has 1 unspecified atom stereocenters. The third-order valence-electron chi connectivity index (χ3n) is 5.56. The number of hydrogen-bond acceptors (Lipinski definition) is 5. The molecule has 1 aliphatic rings. The summed E-state index contributed by atoms with van der Waals surface area (Å²) in [7, 11) is -10.9. The molecular formula is C20H35N5Si5. The van der Waals surface area contributed by atoms with Crippen LogP contribution in [0, 0.1) is 0 Å². The Labute approximate surface area is 190 Å². The van der Waals surface area contributed by atoms with E-state index in [1.807, 2.05) is 58.5 Å². The molecule has 0 aromatic carbocycles. The molecule has 0 spiro atoms. The van der Waals surface area contributed by atoms with Crippen molar-refractivity contribution in [1.82, 2.24) is 22.0 Å². The lowest BCUT2D eigenvalue weighted by atomic mass is 11.1. The molecule has 10 heteroatoms. The number of rotatable bonds is 10. The highest BCUT2D eigenvalue weighted by Crippen LogP contribution is 2.33. The van der Waals surface area contributed by atoms with Crippen molar-refractivity contribution in [2.45, 2.75) is 0 Å². The summed E-state index contributed by atoms with van der Waals surface area (Å²) >= 11 is 0. The Balaban J connectivity index is 4.16. The Morgan fingerprint density at radius 1 is 0.633 bits per heavy atom. The maximum absolute atomic E-state index is 4.24. The summed E-state index contributed by atoms with van der Waals surface area (Å²) in [5.74, 6) is 0. The number of nitrogens with one attached hydrogen (secondary N) is 2. The molecule has 0 amide bonds. The van der Waals surface area contributed by atoms with Crippen LogP contribution in [0.1, 0.15) is 0 Å². The summed E-state index contributed by atoms with van der Waals surface area (Å²) in [5, 5.41) is 0. The molecule has 1 atom stereocenters. The molecule has 0 bridgehead atoms. The van der Waals surface area contributed by atoms with Crippen molar-refractivity contribution in [1.29, 1.82) is 0 Å². The first-order valence-electron chi connectivity index (χ1n) is 9.54. The second-order valence-electron chi connectivity index (χ2n) is 6.55. The van der Waals surface area contributed by atoms with E-state index < -0.39 is 44.2 Å². The highest BCUT2D eigenvalue weighted by molar-refractivity contribution is 7.08. The van der Waals surface area contributed by atoms with Crippen molar-refractivity contribution in [2.75, 3.05) is 0 Å². The highest BCUT2D eigenvalue weighted by atomic mass is 28.5. The topological polar surface area (TPSA) is 33.8 Å². The fraction of sp³-hybridized carbons (Fsp3) is 0. The first-order valence-corrected chi connectivity index (χ1v) is 18.9. The van der Waals surface area contributed by atoms with Crippen LogP contribution in [-0.2, 0) is 0 Å². The summed E-state index contributed by atoms with van der Waals surface area (Å²) in [6.07, 6.45) is 5.59. The Morgan fingerprint density at radius 3 is 1.47 bits per heavy atom. The fourth-order valence-electron chi connectivity index (χ4n) is 3.97. The van der Waals surface area contributed by atoms with E-state index >= 15 is 0 Å². The van der Waals surface area contributed by atoms with Crippen LogP contribution in [0.5, 0.6) is 0 Å². The lowest BCUT2D eigenvalue weighted by Gasteiger charge is -2.59. The summed E-state index contributed by atoms with van der Waals surface area (Å²) in [5.41, 5.74) is 13.9. The normalized spacial score (nSPS) is 23.3. The van der Waals surface area contributed by atoms with Gasteiger partial charge in [-0.05, 0) is 18.6 Å². The van der Waals surface area contributed by atoms with Gasteiger partial charge in [-0.2, -0.15) is 0 Å². The van der Waals surface area contributed by atoms with E-state index in [4.69, 9.17) is 0 Å². The van der Waals surface area contributed by atoms with Gasteiger partial charge < -0.3 is 22.0 Å². The first-order chi connectivity index (χ1) is 14.4. The van der Waals surface area contributed by atoms with Gasteiger partial charge in [0, 0.05) is 0 Å². The Morgan fingerprint density at radius 2 is 1.13 bits per heavy atom. The molecule has 2 N–H and O–H groups in total. The molecule has 0 aromatic rings. The molecule has 1 heterocycles. The monoisotopic (exact) mass is 485 g/mol. The Bertz CT molecular complexity index is 741. The van der Waals surface area contributed by atoms with Crippen molar-refractivity contribution in [2.24, 2.45) is 0 Å². The van der Waals surface area contributed by atoms with Gasteiger partial charge in [-0.1, -0.05) is 59.6 Å². The van der Waals surface area contributed by atoms with E-state index in [0.29, 0.717) is 0 Å². The maximum atomic E-state index is 4.24. The van der Waals surface area contributed by atoms with Gasteiger partial charge in [-0.3, -0.25) is 0 Å². The van der Waals surface area contributed by atoms with Gasteiger partial charge in [-0.15, -0.1) is 46.1 Å². The summed E-state index contributed by atoms with van der Waals surface area (Å²) in [6, 6.07) is 0. The van der Waals surface area contributed by atoms with Gasteiger partial charge in [0.2, 0.25) is 9.12 Å².